The number of aliphatic hydroxyl groups excluding tert-OH is 2. The van der Waals surface area contributed by atoms with Crippen LogP contribution < -0.4 is 0 Å². The first-order valence-electron chi connectivity index (χ1n) is 6.68. The molecule has 2 rings (SSSR count). The monoisotopic (exact) mass is 277 g/mol. The van der Waals surface area contributed by atoms with Gasteiger partial charge in [0.1, 0.15) is 11.9 Å². The molecule has 0 saturated carbocycles. The number of fused-ring (bicyclic) bond motifs is 1. The average Bonchev–Trinajstić information content (AvgIpc) is 2.90. The number of amides is 1. The maximum atomic E-state index is 12.0. The third-order valence-corrected chi connectivity index (χ3v) is 3.32. The molecular weight excluding hydrogens is 258 g/mol. The standard InChI is InChI=1S/C14H19N3O3/c1-3-17(4-2)14(20)12(19)11(18)13-15-9-7-5-6-8-10(9)16-13/h5-8,11-12,18-19H,3-4H2,1-2H3,(H,15,16)/t11-,12-/m0/s1. The van der Waals surface area contributed by atoms with E-state index in [1.165, 1.54) is 4.90 Å². The Kier molecular flexibility index (Phi) is 4.36. The molecule has 2 atom stereocenters. The van der Waals surface area contributed by atoms with Crippen LogP contribution in [-0.4, -0.2) is 50.2 Å². The Labute approximate surface area is 117 Å². The summed E-state index contributed by atoms with van der Waals surface area (Å²) >= 11 is 0. The van der Waals surface area contributed by atoms with E-state index in [1.807, 2.05) is 32.0 Å². The number of carbonyl (C=O) groups is 1. The Hall–Kier alpha value is -1.92. The summed E-state index contributed by atoms with van der Waals surface area (Å²) in [6.45, 7) is 4.61. The van der Waals surface area contributed by atoms with E-state index in [9.17, 15) is 15.0 Å². The highest BCUT2D eigenvalue weighted by atomic mass is 16.3. The minimum atomic E-state index is -1.52. The summed E-state index contributed by atoms with van der Waals surface area (Å²) in [6, 6.07) is 7.28. The first kappa shape index (κ1) is 14.5. The smallest absolute Gasteiger partial charge is 0.254 e. The number of carbonyl (C=O) groups excluding carboxylic acids is 1. The fourth-order valence-corrected chi connectivity index (χ4v) is 2.12. The molecule has 108 valence electrons. The molecule has 0 radical (unpaired) electrons. The van der Waals surface area contributed by atoms with Gasteiger partial charge >= 0.3 is 0 Å². The second-order valence-electron chi connectivity index (χ2n) is 4.54. The summed E-state index contributed by atoms with van der Waals surface area (Å²) in [5, 5.41) is 20.1. The zero-order valence-corrected chi connectivity index (χ0v) is 11.6. The number of nitrogens with zero attached hydrogens (tertiary/aromatic N) is 2. The summed E-state index contributed by atoms with van der Waals surface area (Å²) < 4.78 is 0. The Morgan fingerprint density at radius 1 is 1.30 bits per heavy atom. The number of aromatic amines is 1. The van der Waals surface area contributed by atoms with Gasteiger partial charge in [0.25, 0.3) is 5.91 Å². The van der Waals surface area contributed by atoms with Crippen LogP contribution in [0.15, 0.2) is 24.3 Å². The fraction of sp³-hybridized carbons (Fsp3) is 0.429. The number of aromatic nitrogens is 2. The lowest BCUT2D eigenvalue weighted by Crippen LogP contribution is -2.42. The molecular formula is C14H19N3O3. The number of hydrogen-bond donors (Lipinski definition) is 3. The number of imidazole rings is 1. The summed E-state index contributed by atoms with van der Waals surface area (Å²) in [6.07, 6.45) is -2.88. The number of H-pyrrole nitrogens is 1. The molecule has 0 spiro atoms. The van der Waals surface area contributed by atoms with Crippen molar-refractivity contribution >= 4 is 16.9 Å². The minimum Gasteiger partial charge on any atom is -0.382 e. The number of hydrogen-bond acceptors (Lipinski definition) is 4. The van der Waals surface area contributed by atoms with Crippen LogP contribution >= 0.6 is 0 Å². The van der Waals surface area contributed by atoms with Crippen LogP contribution in [0.25, 0.3) is 11.0 Å². The predicted octanol–water partition coefficient (Wildman–Crippen LogP) is 0.826. The maximum Gasteiger partial charge on any atom is 0.254 e. The van der Waals surface area contributed by atoms with E-state index in [2.05, 4.69) is 9.97 Å². The maximum absolute atomic E-state index is 12.0. The first-order valence-corrected chi connectivity index (χ1v) is 6.68. The Morgan fingerprint density at radius 2 is 1.95 bits per heavy atom. The van der Waals surface area contributed by atoms with Crippen molar-refractivity contribution in [3.63, 3.8) is 0 Å². The van der Waals surface area contributed by atoms with Gasteiger partial charge in [-0.2, -0.15) is 0 Å². The SMILES string of the molecule is CCN(CC)C(=O)[C@@H](O)[C@H](O)c1nc2ccccc2[nH]1. The molecule has 0 bridgehead atoms. The van der Waals surface area contributed by atoms with Gasteiger partial charge in [0.2, 0.25) is 0 Å². The summed E-state index contributed by atoms with van der Waals surface area (Å²) in [4.78, 5) is 20.6. The van der Waals surface area contributed by atoms with Crippen molar-refractivity contribution in [2.45, 2.75) is 26.1 Å². The van der Waals surface area contributed by atoms with Gasteiger partial charge in [-0.25, -0.2) is 4.98 Å². The van der Waals surface area contributed by atoms with Crippen LogP contribution in [0, 0.1) is 0 Å². The Bertz CT molecular complexity index is 559. The molecule has 3 N–H and O–H groups in total. The lowest BCUT2D eigenvalue weighted by atomic mass is 10.1. The van der Waals surface area contributed by atoms with E-state index in [-0.39, 0.29) is 5.82 Å². The van der Waals surface area contributed by atoms with Gasteiger partial charge in [-0.15, -0.1) is 0 Å². The highest BCUT2D eigenvalue weighted by Gasteiger charge is 2.30. The van der Waals surface area contributed by atoms with Crippen LogP contribution in [0.5, 0.6) is 0 Å². The van der Waals surface area contributed by atoms with Gasteiger partial charge in [-0.05, 0) is 26.0 Å². The van der Waals surface area contributed by atoms with Gasteiger partial charge in [-0.1, -0.05) is 12.1 Å². The van der Waals surface area contributed by atoms with Crippen molar-refractivity contribution in [1.29, 1.82) is 0 Å². The van der Waals surface area contributed by atoms with E-state index in [1.54, 1.807) is 6.07 Å². The lowest BCUT2D eigenvalue weighted by Gasteiger charge is -2.24. The minimum absolute atomic E-state index is 0.194. The molecule has 1 aromatic carbocycles. The number of likely N-dealkylation sites (N-methyl/N-ethyl adjacent to an activating group) is 1. The fourth-order valence-electron chi connectivity index (χ4n) is 2.12. The number of aliphatic hydroxyl groups is 2. The van der Waals surface area contributed by atoms with Crippen molar-refractivity contribution in [2.75, 3.05) is 13.1 Å². The third-order valence-electron chi connectivity index (χ3n) is 3.32. The van der Waals surface area contributed by atoms with Gasteiger partial charge in [-0.3, -0.25) is 4.79 Å². The largest absolute Gasteiger partial charge is 0.382 e. The van der Waals surface area contributed by atoms with E-state index in [4.69, 9.17) is 0 Å². The molecule has 0 aliphatic rings. The molecule has 0 saturated heterocycles. The molecule has 2 aromatic rings. The molecule has 0 aliphatic heterocycles. The molecule has 0 fully saturated rings. The molecule has 6 nitrogen and oxygen atoms in total. The number of rotatable bonds is 5. The van der Waals surface area contributed by atoms with Crippen molar-refractivity contribution in [2.24, 2.45) is 0 Å². The van der Waals surface area contributed by atoms with E-state index < -0.39 is 18.1 Å². The molecule has 0 aliphatic carbocycles. The molecule has 1 heterocycles. The number of para-hydroxylation sites is 2. The second kappa shape index (κ2) is 6.02. The van der Waals surface area contributed by atoms with E-state index >= 15 is 0 Å². The van der Waals surface area contributed by atoms with E-state index in [0.717, 1.165) is 5.52 Å². The summed E-state index contributed by atoms with van der Waals surface area (Å²) in [5.41, 5.74) is 1.44. The van der Waals surface area contributed by atoms with Crippen LogP contribution in [0.3, 0.4) is 0 Å². The summed E-state index contributed by atoms with van der Waals surface area (Å²) in [5.74, 6) is -0.304. The van der Waals surface area contributed by atoms with Crippen molar-refractivity contribution in [3.8, 4) is 0 Å². The third kappa shape index (κ3) is 2.66. The molecule has 1 amide bonds. The second-order valence-corrected chi connectivity index (χ2v) is 4.54. The van der Waals surface area contributed by atoms with Gasteiger partial charge in [0.05, 0.1) is 11.0 Å². The summed E-state index contributed by atoms with van der Waals surface area (Å²) in [7, 11) is 0. The average molecular weight is 277 g/mol. The quantitative estimate of drug-likeness (QED) is 0.755. The van der Waals surface area contributed by atoms with E-state index in [0.29, 0.717) is 18.6 Å². The Balaban J connectivity index is 2.21. The predicted molar refractivity (Wildman–Crippen MR) is 75.0 cm³/mol. The van der Waals surface area contributed by atoms with Crippen molar-refractivity contribution in [3.05, 3.63) is 30.1 Å². The zero-order chi connectivity index (χ0) is 14.7. The Morgan fingerprint density at radius 3 is 2.55 bits per heavy atom. The number of nitrogens with one attached hydrogen (secondary N) is 1. The van der Waals surface area contributed by atoms with Crippen LogP contribution in [0.2, 0.25) is 0 Å². The normalized spacial score (nSPS) is 14.2. The topological polar surface area (TPSA) is 89.5 Å². The molecule has 20 heavy (non-hydrogen) atoms. The highest BCUT2D eigenvalue weighted by Crippen LogP contribution is 2.19. The van der Waals surface area contributed by atoms with Crippen LogP contribution in [-0.2, 0) is 4.79 Å². The molecule has 1 aromatic heterocycles. The molecule has 0 unspecified atom stereocenters. The number of benzene rings is 1. The van der Waals surface area contributed by atoms with Gasteiger partial charge in [0, 0.05) is 13.1 Å². The zero-order valence-electron chi connectivity index (χ0n) is 11.6. The van der Waals surface area contributed by atoms with Crippen LogP contribution in [0.1, 0.15) is 25.8 Å². The van der Waals surface area contributed by atoms with Crippen LogP contribution in [0.4, 0.5) is 0 Å². The van der Waals surface area contributed by atoms with Gasteiger partial charge < -0.3 is 20.1 Å². The molecule has 6 heteroatoms. The lowest BCUT2D eigenvalue weighted by molar-refractivity contribution is -0.146. The van der Waals surface area contributed by atoms with Crippen molar-refractivity contribution < 1.29 is 15.0 Å². The highest BCUT2D eigenvalue weighted by molar-refractivity contribution is 5.81. The first-order chi connectivity index (χ1) is 9.58. The van der Waals surface area contributed by atoms with Crippen molar-refractivity contribution in [1.82, 2.24) is 14.9 Å². The van der Waals surface area contributed by atoms with Gasteiger partial charge in [0.15, 0.2) is 6.10 Å².